The van der Waals surface area contributed by atoms with Crippen LogP contribution in [-0.2, 0) is 6.61 Å². The second-order valence-electron chi connectivity index (χ2n) is 6.22. The van der Waals surface area contributed by atoms with E-state index in [0.29, 0.717) is 23.7 Å². The average molecular weight is 403 g/mol. The van der Waals surface area contributed by atoms with Gasteiger partial charge in [-0.25, -0.2) is 0 Å². The van der Waals surface area contributed by atoms with Crippen LogP contribution in [0.1, 0.15) is 15.9 Å². The first kappa shape index (κ1) is 18.6. The highest BCUT2D eigenvalue weighted by molar-refractivity contribution is 7.13. The van der Waals surface area contributed by atoms with E-state index >= 15 is 0 Å². The molecular formula is C22H17N3O3S. The van der Waals surface area contributed by atoms with Crippen LogP contribution in [0, 0.1) is 0 Å². The Hall–Kier alpha value is -3.71. The lowest BCUT2D eigenvalue weighted by Crippen LogP contribution is -2.23. The zero-order chi connectivity index (χ0) is 20.1. The van der Waals surface area contributed by atoms with E-state index in [9.17, 15) is 9.59 Å². The molecule has 0 aliphatic heterocycles. The van der Waals surface area contributed by atoms with Gasteiger partial charge >= 0.3 is 0 Å². The molecule has 0 unspecified atom stereocenters. The molecule has 2 N–H and O–H groups in total. The van der Waals surface area contributed by atoms with E-state index in [1.54, 1.807) is 42.7 Å². The molecule has 0 spiro atoms. The van der Waals surface area contributed by atoms with E-state index < -0.39 is 11.5 Å². The largest absolute Gasteiger partial charge is 0.489 e. The number of aromatic amines is 1. The van der Waals surface area contributed by atoms with Gasteiger partial charge in [-0.15, -0.1) is 11.3 Å². The van der Waals surface area contributed by atoms with Crippen molar-refractivity contribution < 1.29 is 9.53 Å². The molecule has 7 heteroatoms. The number of thiophene rings is 1. The standard InChI is InChI=1S/C22H17N3O3S/c26-21(18-8-9-19(25-22(18)27)20-7-3-11-29-20)24-16-5-1-6-17(12-16)28-14-15-4-2-10-23-13-15/h1-13H,14H2,(H,24,26)(H,25,27). The summed E-state index contributed by atoms with van der Waals surface area (Å²) in [6, 6.07) is 17.9. The first-order valence-electron chi connectivity index (χ1n) is 8.89. The van der Waals surface area contributed by atoms with Crippen LogP contribution in [-0.4, -0.2) is 15.9 Å². The average Bonchev–Trinajstić information content (AvgIpc) is 3.28. The molecule has 3 heterocycles. The number of carbonyl (C=O) groups excluding carboxylic acids is 1. The number of ether oxygens (including phenoxy) is 1. The van der Waals surface area contributed by atoms with Gasteiger partial charge in [-0.1, -0.05) is 18.2 Å². The van der Waals surface area contributed by atoms with Crippen LogP contribution in [0.15, 0.2) is 83.2 Å². The number of amides is 1. The molecular weight excluding hydrogens is 386 g/mol. The third kappa shape index (κ3) is 4.59. The molecule has 144 valence electrons. The number of rotatable bonds is 6. The highest BCUT2D eigenvalue weighted by Gasteiger charge is 2.12. The highest BCUT2D eigenvalue weighted by Crippen LogP contribution is 2.22. The molecule has 0 fully saturated rings. The summed E-state index contributed by atoms with van der Waals surface area (Å²) in [4.78, 5) is 32.6. The number of hydrogen-bond acceptors (Lipinski definition) is 5. The first-order valence-corrected chi connectivity index (χ1v) is 9.77. The van der Waals surface area contributed by atoms with Gasteiger partial charge in [0, 0.05) is 29.7 Å². The summed E-state index contributed by atoms with van der Waals surface area (Å²) in [5.41, 5.74) is 1.79. The van der Waals surface area contributed by atoms with Gasteiger partial charge in [0.1, 0.15) is 17.9 Å². The SMILES string of the molecule is O=C(Nc1cccc(OCc2cccnc2)c1)c1ccc(-c2cccs2)[nH]c1=O. The zero-order valence-corrected chi connectivity index (χ0v) is 16.1. The second-order valence-corrected chi connectivity index (χ2v) is 7.17. The van der Waals surface area contributed by atoms with Crippen LogP contribution in [0.4, 0.5) is 5.69 Å². The summed E-state index contributed by atoms with van der Waals surface area (Å²) < 4.78 is 5.74. The van der Waals surface area contributed by atoms with Crippen molar-refractivity contribution in [1.82, 2.24) is 9.97 Å². The molecule has 0 saturated heterocycles. The molecule has 4 aromatic rings. The number of nitrogens with zero attached hydrogens (tertiary/aromatic N) is 1. The number of hydrogen-bond donors (Lipinski definition) is 2. The van der Waals surface area contributed by atoms with Gasteiger partial charge in [-0.3, -0.25) is 14.6 Å². The zero-order valence-electron chi connectivity index (χ0n) is 15.3. The van der Waals surface area contributed by atoms with E-state index in [1.165, 1.54) is 17.4 Å². The summed E-state index contributed by atoms with van der Waals surface area (Å²) in [7, 11) is 0. The van der Waals surface area contributed by atoms with Crippen LogP contribution >= 0.6 is 11.3 Å². The van der Waals surface area contributed by atoms with Gasteiger partial charge in [-0.2, -0.15) is 0 Å². The molecule has 0 radical (unpaired) electrons. The molecule has 3 aromatic heterocycles. The van der Waals surface area contributed by atoms with Crippen molar-refractivity contribution in [1.29, 1.82) is 0 Å². The maximum Gasteiger partial charge on any atom is 0.261 e. The minimum atomic E-state index is -0.478. The Balaban J connectivity index is 1.45. The summed E-state index contributed by atoms with van der Waals surface area (Å²) >= 11 is 1.52. The van der Waals surface area contributed by atoms with Crippen LogP contribution in [0.3, 0.4) is 0 Å². The van der Waals surface area contributed by atoms with Crippen molar-refractivity contribution in [3.05, 3.63) is 99.9 Å². The maximum atomic E-state index is 12.5. The second kappa shape index (κ2) is 8.53. The number of carbonyl (C=O) groups is 1. The number of benzene rings is 1. The van der Waals surface area contributed by atoms with Gasteiger partial charge in [0.25, 0.3) is 11.5 Å². The Bertz CT molecular complexity index is 1170. The molecule has 1 amide bonds. The molecule has 4 rings (SSSR count). The van der Waals surface area contributed by atoms with Crippen molar-refractivity contribution in [2.75, 3.05) is 5.32 Å². The Kier molecular flexibility index (Phi) is 5.49. The number of nitrogens with one attached hydrogen (secondary N) is 2. The van der Waals surface area contributed by atoms with E-state index in [0.717, 1.165) is 10.4 Å². The minimum Gasteiger partial charge on any atom is -0.489 e. The summed E-state index contributed by atoms with van der Waals surface area (Å²) in [5, 5.41) is 4.67. The molecule has 1 aromatic carbocycles. The molecule has 0 saturated carbocycles. The maximum absolute atomic E-state index is 12.5. The van der Waals surface area contributed by atoms with Gasteiger partial charge in [0.2, 0.25) is 0 Å². The summed E-state index contributed by atoms with van der Waals surface area (Å²) in [5.74, 6) is 0.127. The van der Waals surface area contributed by atoms with Crippen molar-refractivity contribution in [2.24, 2.45) is 0 Å². The lowest BCUT2D eigenvalue weighted by Gasteiger charge is -2.09. The van der Waals surface area contributed by atoms with Crippen LogP contribution in [0.25, 0.3) is 10.6 Å². The normalized spacial score (nSPS) is 10.5. The fourth-order valence-corrected chi connectivity index (χ4v) is 3.45. The molecule has 29 heavy (non-hydrogen) atoms. The fraction of sp³-hybridized carbons (Fsp3) is 0.0455. The Morgan fingerprint density at radius 2 is 2.03 bits per heavy atom. The minimum absolute atomic E-state index is 0.0481. The van der Waals surface area contributed by atoms with E-state index in [1.807, 2.05) is 29.6 Å². The van der Waals surface area contributed by atoms with Crippen molar-refractivity contribution in [3.63, 3.8) is 0 Å². The van der Waals surface area contributed by atoms with E-state index in [-0.39, 0.29) is 5.56 Å². The van der Waals surface area contributed by atoms with Crippen molar-refractivity contribution >= 4 is 22.9 Å². The molecule has 0 aliphatic carbocycles. The topological polar surface area (TPSA) is 84.1 Å². The van der Waals surface area contributed by atoms with Crippen LogP contribution in [0.2, 0.25) is 0 Å². The summed E-state index contributed by atoms with van der Waals surface area (Å²) in [6.07, 6.45) is 3.44. The van der Waals surface area contributed by atoms with Crippen LogP contribution in [0.5, 0.6) is 5.75 Å². The lowest BCUT2D eigenvalue weighted by atomic mass is 10.2. The fourth-order valence-electron chi connectivity index (χ4n) is 2.74. The number of pyridine rings is 2. The smallest absolute Gasteiger partial charge is 0.261 e. The van der Waals surface area contributed by atoms with E-state index in [2.05, 4.69) is 15.3 Å². The Morgan fingerprint density at radius 1 is 1.10 bits per heavy atom. The number of anilines is 1. The monoisotopic (exact) mass is 403 g/mol. The first-order chi connectivity index (χ1) is 14.2. The molecule has 0 bridgehead atoms. The van der Waals surface area contributed by atoms with Gasteiger partial charge < -0.3 is 15.0 Å². The predicted octanol–water partition coefficient (Wildman–Crippen LogP) is 4.33. The summed E-state index contributed by atoms with van der Waals surface area (Å²) in [6.45, 7) is 0.370. The van der Waals surface area contributed by atoms with Gasteiger partial charge in [0.05, 0.1) is 10.6 Å². The third-order valence-electron chi connectivity index (χ3n) is 4.16. The number of H-pyrrole nitrogens is 1. The van der Waals surface area contributed by atoms with Crippen molar-refractivity contribution in [3.8, 4) is 16.3 Å². The Labute approximate surface area is 170 Å². The Morgan fingerprint density at radius 3 is 2.79 bits per heavy atom. The van der Waals surface area contributed by atoms with E-state index in [4.69, 9.17) is 4.74 Å². The quantitative estimate of drug-likeness (QED) is 0.502. The van der Waals surface area contributed by atoms with Crippen molar-refractivity contribution in [2.45, 2.75) is 6.61 Å². The molecule has 0 aliphatic rings. The van der Waals surface area contributed by atoms with Gasteiger partial charge in [-0.05, 0) is 41.8 Å². The van der Waals surface area contributed by atoms with Crippen LogP contribution < -0.4 is 15.6 Å². The highest BCUT2D eigenvalue weighted by atomic mass is 32.1. The predicted molar refractivity (Wildman–Crippen MR) is 113 cm³/mol. The molecule has 6 nitrogen and oxygen atoms in total. The number of aromatic nitrogens is 2. The van der Waals surface area contributed by atoms with Gasteiger partial charge in [0.15, 0.2) is 0 Å². The molecule has 0 atom stereocenters. The lowest BCUT2D eigenvalue weighted by molar-refractivity contribution is 0.102. The third-order valence-corrected chi connectivity index (χ3v) is 5.06.